The van der Waals surface area contributed by atoms with Crippen LogP contribution in [0.2, 0.25) is 0 Å². The molecular weight excluding hydrogens is 250 g/mol. The van der Waals surface area contributed by atoms with Gasteiger partial charge in [0.05, 0.1) is 5.56 Å². The quantitative estimate of drug-likeness (QED) is 0.655. The Bertz CT molecular complexity index is 285. The summed E-state index contributed by atoms with van der Waals surface area (Å²) in [7, 11) is 0. The van der Waals surface area contributed by atoms with Crippen LogP contribution in [-0.4, -0.2) is 17.8 Å². The average molecular weight is 262 g/mol. The summed E-state index contributed by atoms with van der Waals surface area (Å²) < 4.78 is 0. The SMILES string of the molecule is Cc1cscc1C(=O)NCCCBr. The Kier molecular flexibility index (Phi) is 4.45. The zero-order chi connectivity index (χ0) is 9.68. The predicted molar refractivity (Wildman–Crippen MR) is 59.8 cm³/mol. The molecule has 2 nitrogen and oxygen atoms in total. The van der Waals surface area contributed by atoms with Crippen LogP contribution in [-0.2, 0) is 0 Å². The van der Waals surface area contributed by atoms with Crippen LogP contribution in [0.25, 0.3) is 0 Å². The molecule has 0 unspecified atom stereocenters. The highest BCUT2D eigenvalue weighted by atomic mass is 79.9. The minimum absolute atomic E-state index is 0.0414. The summed E-state index contributed by atoms with van der Waals surface area (Å²) in [5.41, 5.74) is 1.86. The summed E-state index contributed by atoms with van der Waals surface area (Å²) in [6.07, 6.45) is 0.967. The van der Waals surface area contributed by atoms with Crippen molar-refractivity contribution in [1.29, 1.82) is 0 Å². The van der Waals surface area contributed by atoms with Crippen LogP contribution in [0, 0.1) is 6.92 Å². The van der Waals surface area contributed by atoms with Gasteiger partial charge in [-0.15, -0.1) is 0 Å². The van der Waals surface area contributed by atoms with Crippen LogP contribution in [0.4, 0.5) is 0 Å². The first kappa shape index (κ1) is 10.7. The zero-order valence-electron chi connectivity index (χ0n) is 7.47. The largest absolute Gasteiger partial charge is 0.352 e. The number of hydrogen-bond acceptors (Lipinski definition) is 2. The molecule has 13 heavy (non-hydrogen) atoms. The van der Waals surface area contributed by atoms with Gasteiger partial charge in [-0.2, -0.15) is 11.3 Å². The summed E-state index contributed by atoms with van der Waals surface area (Å²) in [6, 6.07) is 0. The highest BCUT2D eigenvalue weighted by molar-refractivity contribution is 9.09. The molecule has 0 atom stereocenters. The molecule has 1 rings (SSSR count). The number of carbonyl (C=O) groups is 1. The molecule has 1 aromatic heterocycles. The van der Waals surface area contributed by atoms with E-state index in [1.54, 1.807) is 11.3 Å². The van der Waals surface area contributed by atoms with Crippen LogP contribution >= 0.6 is 27.3 Å². The van der Waals surface area contributed by atoms with E-state index in [9.17, 15) is 4.79 Å². The van der Waals surface area contributed by atoms with Gasteiger partial charge in [-0.05, 0) is 24.3 Å². The second kappa shape index (κ2) is 5.40. The molecule has 0 bridgehead atoms. The highest BCUT2D eigenvalue weighted by Gasteiger charge is 2.07. The molecule has 1 N–H and O–H groups in total. The maximum absolute atomic E-state index is 11.5. The molecule has 0 fully saturated rings. The lowest BCUT2D eigenvalue weighted by Crippen LogP contribution is -2.24. The van der Waals surface area contributed by atoms with Gasteiger partial charge in [0.15, 0.2) is 0 Å². The van der Waals surface area contributed by atoms with Gasteiger partial charge in [-0.1, -0.05) is 15.9 Å². The third kappa shape index (κ3) is 3.12. The Labute approximate surface area is 90.5 Å². The van der Waals surface area contributed by atoms with E-state index in [4.69, 9.17) is 0 Å². The molecule has 0 aliphatic rings. The molecule has 1 aromatic rings. The minimum atomic E-state index is 0.0414. The smallest absolute Gasteiger partial charge is 0.252 e. The summed E-state index contributed by atoms with van der Waals surface area (Å²) in [4.78, 5) is 11.5. The summed E-state index contributed by atoms with van der Waals surface area (Å²) >= 11 is 4.88. The van der Waals surface area contributed by atoms with Crippen molar-refractivity contribution in [3.8, 4) is 0 Å². The molecule has 0 saturated heterocycles. The lowest BCUT2D eigenvalue weighted by Gasteiger charge is -2.02. The van der Waals surface area contributed by atoms with Crippen LogP contribution in [0.15, 0.2) is 10.8 Å². The number of rotatable bonds is 4. The topological polar surface area (TPSA) is 29.1 Å². The number of halogens is 1. The number of nitrogens with one attached hydrogen (secondary N) is 1. The van der Waals surface area contributed by atoms with Crippen molar-refractivity contribution >= 4 is 33.2 Å². The number of aryl methyl sites for hydroxylation is 1. The molecule has 0 aromatic carbocycles. The highest BCUT2D eigenvalue weighted by Crippen LogP contribution is 2.12. The summed E-state index contributed by atoms with van der Waals surface area (Å²) in [6.45, 7) is 2.69. The van der Waals surface area contributed by atoms with Gasteiger partial charge < -0.3 is 5.32 Å². The van der Waals surface area contributed by atoms with Crippen LogP contribution < -0.4 is 5.32 Å². The van der Waals surface area contributed by atoms with Gasteiger partial charge in [0.1, 0.15) is 0 Å². The third-order valence-electron chi connectivity index (χ3n) is 1.70. The molecule has 4 heteroatoms. The lowest BCUT2D eigenvalue weighted by atomic mass is 10.2. The van der Waals surface area contributed by atoms with E-state index in [-0.39, 0.29) is 5.91 Å². The van der Waals surface area contributed by atoms with Crippen molar-refractivity contribution in [1.82, 2.24) is 5.32 Å². The van der Waals surface area contributed by atoms with Crippen LogP contribution in [0.3, 0.4) is 0 Å². The first-order valence-corrected chi connectivity index (χ1v) is 6.19. The Balaban J connectivity index is 2.45. The van der Waals surface area contributed by atoms with Crippen molar-refractivity contribution in [3.63, 3.8) is 0 Å². The first-order valence-electron chi connectivity index (χ1n) is 4.12. The first-order chi connectivity index (χ1) is 6.25. The van der Waals surface area contributed by atoms with E-state index in [1.165, 1.54) is 0 Å². The molecule has 0 aliphatic carbocycles. The second-order valence-corrected chi connectivity index (χ2v) is 4.30. The van der Waals surface area contributed by atoms with Gasteiger partial charge in [-0.3, -0.25) is 4.79 Å². The molecule has 0 aliphatic heterocycles. The van der Waals surface area contributed by atoms with Crippen molar-refractivity contribution in [3.05, 3.63) is 21.9 Å². The van der Waals surface area contributed by atoms with E-state index < -0.39 is 0 Å². The van der Waals surface area contributed by atoms with Gasteiger partial charge in [0.2, 0.25) is 0 Å². The van der Waals surface area contributed by atoms with Gasteiger partial charge in [-0.25, -0.2) is 0 Å². The molecule has 1 heterocycles. The Morgan fingerprint density at radius 2 is 2.38 bits per heavy atom. The number of alkyl halides is 1. The predicted octanol–water partition coefficient (Wildman–Crippen LogP) is 2.57. The number of carbonyl (C=O) groups excluding carboxylic acids is 1. The van der Waals surface area contributed by atoms with Crippen molar-refractivity contribution in [2.45, 2.75) is 13.3 Å². The summed E-state index contributed by atoms with van der Waals surface area (Å²) in [5, 5.41) is 7.66. The Hall–Kier alpha value is -0.350. The molecule has 0 spiro atoms. The fraction of sp³-hybridized carbons (Fsp3) is 0.444. The number of hydrogen-bond donors (Lipinski definition) is 1. The number of thiophene rings is 1. The molecule has 72 valence electrons. The fourth-order valence-corrected chi connectivity index (χ4v) is 2.07. The average Bonchev–Trinajstić information content (AvgIpc) is 2.52. The van der Waals surface area contributed by atoms with E-state index in [0.29, 0.717) is 0 Å². The van der Waals surface area contributed by atoms with E-state index in [0.717, 1.165) is 29.4 Å². The minimum Gasteiger partial charge on any atom is -0.352 e. The van der Waals surface area contributed by atoms with E-state index in [1.807, 2.05) is 17.7 Å². The Morgan fingerprint density at radius 3 is 2.92 bits per heavy atom. The monoisotopic (exact) mass is 261 g/mol. The van der Waals surface area contributed by atoms with E-state index >= 15 is 0 Å². The van der Waals surface area contributed by atoms with Crippen LogP contribution in [0.5, 0.6) is 0 Å². The number of amides is 1. The third-order valence-corrected chi connectivity index (χ3v) is 3.12. The van der Waals surface area contributed by atoms with Crippen molar-refractivity contribution in [2.24, 2.45) is 0 Å². The van der Waals surface area contributed by atoms with E-state index in [2.05, 4.69) is 21.2 Å². The molecule has 0 saturated carbocycles. The summed E-state index contributed by atoms with van der Waals surface area (Å²) in [5.74, 6) is 0.0414. The fourth-order valence-electron chi connectivity index (χ4n) is 0.957. The maximum Gasteiger partial charge on any atom is 0.252 e. The van der Waals surface area contributed by atoms with Gasteiger partial charge in [0, 0.05) is 17.3 Å². The van der Waals surface area contributed by atoms with Gasteiger partial charge >= 0.3 is 0 Å². The standard InChI is InChI=1S/C9H12BrNOS/c1-7-5-13-6-8(7)9(12)11-4-2-3-10/h5-6H,2-4H2,1H3,(H,11,12). The van der Waals surface area contributed by atoms with Crippen LogP contribution in [0.1, 0.15) is 22.3 Å². The molecule has 1 amide bonds. The van der Waals surface area contributed by atoms with Crippen molar-refractivity contribution in [2.75, 3.05) is 11.9 Å². The normalized spacial score (nSPS) is 10.0. The Morgan fingerprint density at radius 1 is 1.62 bits per heavy atom. The lowest BCUT2D eigenvalue weighted by molar-refractivity contribution is 0.0953. The van der Waals surface area contributed by atoms with Gasteiger partial charge in [0.25, 0.3) is 5.91 Å². The zero-order valence-corrected chi connectivity index (χ0v) is 9.87. The maximum atomic E-state index is 11.5. The molecular formula is C9H12BrNOS. The second-order valence-electron chi connectivity index (χ2n) is 2.77. The van der Waals surface area contributed by atoms with Crippen molar-refractivity contribution < 1.29 is 4.79 Å². The molecule has 0 radical (unpaired) electrons.